The van der Waals surface area contributed by atoms with Crippen molar-refractivity contribution in [1.29, 1.82) is 0 Å². The van der Waals surface area contributed by atoms with Crippen molar-refractivity contribution in [3.05, 3.63) is 41.8 Å². The van der Waals surface area contributed by atoms with Gasteiger partial charge in [-0.3, -0.25) is 4.79 Å². The Labute approximate surface area is 113 Å². The fraction of sp³-hybridized carbons (Fsp3) is 0.111. The molecular weight excluding hydrogens is 273 g/mol. The van der Waals surface area contributed by atoms with Crippen molar-refractivity contribution in [3.8, 4) is 5.75 Å². The Balaban J connectivity index is 0. The first-order chi connectivity index (χ1) is 6.52. The van der Waals surface area contributed by atoms with Gasteiger partial charge in [0.2, 0.25) is 6.09 Å². The summed E-state index contributed by atoms with van der Waals surface area (Å²) in [6.45, 7) is 1.19. The van der Waals surface area contributed by atoms with Gasteiger partial charge >= 0.3 is 0 Å². The second kappa shape index (κ2) is 9.61. The molecule has 0 aliphatic carbocycles. The predicted octanol–water partition coefficient (Wildman–Crippen LogP) is 2.82. The van der Waals surface area contributed by atoms with E-state index < -0.39 is 12.0 Å². The Kier molecular flexibility index (Phi) is 10.6. The van der Waals surface area contributed by atoms with E-state index in [9.17, 15) is 4.79 Å². The molecular formula is C9H10N2O3Y-2. The maximum absolute atomic E-state index is 10.1. The minimum absolute atomic E-state index is 0. The van der Waals surface area contributed by atoms with Gasteiger partial charge in [0, 0.05) is 38.6 Å². The Morgan fingerprint density at radius 1 is 1.13 bits per heavy atom. The minimum Gasteiger partial charge on any atom is -0.668 e. The van der Waals surface area contributed by atoms with E-state index in [0.29, 0.717) is 5.75 Å². The summed E-state index contributed by atoms with van der Waals surface area (Å²) in [5.41, 5.74) is 12.4. The monoisotopic (exact) mass is 283 g/mol. The summed E-state index contributed by atoms with van der Waals surface area (Å²) in [6.07, 6.45) is -1.04. The van der Waals surface area contributed by atoms with Crippen molar-refractivity contribution in [2.75, 3.05) is 0 Å². The summed E-state index contributed by atoms with van der Waals surface area (Å²) >= 11 is 0. The molecule has 1 aromatic rings. The minimum atomic E-state index is -1.04. The number of ether oxygens (including phenoxy) is 1. The third-order valence-corrected chi connectivity index (χ3v) is 0.954. The van der Waals surface area contributed by atoms with E-state index in [2.05, 4.69) is 4.74 Å². The van der Waals surface area contributed by atoms with Crippen LogP contribution < -0.4 is 4.74 Å². The van der Waals surface area contributed by atoms with Gasteiger partial charge < -0.3 is 21.0 Å². The van der Waals surface area contributed by atoms with Crippen molar-refractivity contribution >= 4 is 12.0 Å². The number of benzene rings is 1. The molecule has 1 aromatic carbocycles. The molecule has 0 atom stereocenters. The van der Waals surface area contributed by atoms with Gasteiger partial charge in [0.25, 0.3) is 0 Å². The molecule has 5 nitrogen and oxygen atoms in total. The van der Waals surface area contributed by atoms with Crippen LogP contribution in [-0.2, 0) is 37.5 Å². The van der Waals surface area contributed by atoms with E-state index in [1.807, 2.05) is 0 Å². The molecule has 15 heavy (non-hydrogen) atoms. The summed E-state index contributed by atoms with van der Waals surface area (Å²) < 4.78 is 4.44. The molecule has 0 aliphatic rings. The van der Waals surface area contributed by atoms with Crippen molar-refractivity contribution in [2.45, 2.75) is 6.92 Å². The first-order valence-corrected chi connectivity index (χ1v) is 3.73. The molecule has 2 amide bonds. The van der Waals surface area contributed by atoms with Crippen LogP contribution in [0.2, 0.25) is 0 Å². The summed E-state index contributed by atoms with van der Waals surface area (Å²) in [7, 11) is 0. The zero-order valence-corrected chi connectivity index (χ0v) is 11.0. The second-order valence-electron chi connectivity index (χ2n) is 2.26. The molecule has 0 fully saturated rings. The maximum atomic E-state index is 10.1. The van der Waals surface area contributed by atoms with Crippen LogP contribution in [-0.4, -0.2) is 12.0 Å². The van der Waals surface area contributed by atoms with E-state index >= 15 is 0 Å². The van der Waals surface area contributed by atoms with Crippen molar-refractivity contribution < 1.29 is 47.0 Å². The zero-order valence-electron chi connectivity index (χ0n) is 8.19. The van der Waals surface area contributed by atoms with Gasteiger partial charge in [-0.25, -0.2) is 0 Å². The fourth-order valence-electron chi connectivity index (χ4n) is 0.596. The smallest absolute Gasteiger partial charge is 0.232 e. The number of carbonyl (C=O) groups excluding carboxylic acids is 2. The standard InChI is InChI=1S/C7H7NO2.C2H5NO.Y/c8-7(9)10-6-4-2-1-3-5-6;1-2(3)4;/h1-5H,(H2,8,9);1H3,(H2,3,4);/p-2. The van der Waals surface area contributed by atoms with Crippen LogP contribution >= 0.6 is 0 Å². The number of carbonyl (C=O) groups is 2. The third kappa shape index (κ3) is 13.1. The van der Waals surface area contributed by atoms with Crippen molar-refractivity contribution in [1.82, 2.24) is 0 Å². The number of rotatable bonds is 1. The number of hydrogen-bond acceptors (Lipinski definition) is 3. The Morgan fingerprint density at radius 2 is 1.53 bits per heavy atom. The third-order valence-electron chi connectivity index (χ3n) is 0.954. The van der Waals surface area contributed by atoms with Gasteiger partial charge in [-0.1, -0.05) is 18.2 Å². The first-order valence-electron chi connectivity index (χ1n) is 3.73. The molecule has 0 aromatic heterocycles. The van der Waals surface area contributed by atoms with E-state index in [-0.39, 0.29) is 32.7 Å². The fourth-order valence-corrected chi connectivity index (χ4v) is 0.596. The molecule has 1 radical (unpaired) electrons. The second-order valence-corrected chi connectivity index (χ2v) is 2.26. The molecule has 1 rings (SSSR count). The molecule has 2 N–H and O–H groups in total. The number of para-hydroxylation sites is 1. The topological polar surface area (TPSA) is 91.0 Å². The van der Waals surface area contributed by atoms with Crippen LogP contribution in [0, 0.1) is 0 Å². The number of amides is 2. The normalized spacial score (nSPS) is 7.53. The Bertz CT molecular complexity index is 299. The Hall–Kier alpha value is -0.936. The van der Waals surface area contributed by atoms with Crippen LogP contribution in [0.25, 0.3) is 11.5 Å². The summed E-state index contributed by atoms with van der Waals surface area (Å²) in [5.74, 6) is -0.178. The quantitative estimate of drug-likeness (QED) is 0.793. The average molecular weight is 283 g/mol. The predicted molar refractivity (Wildman–Crippen MR) is 51.8 cm³/mol. The molecule has 0 saturated carbocycles. The van der Waals surface area contributed by atoms with Gasteiger partial charge in [-0.05, 0) is 19.1 Å². The average Bonchev–Trinajstić information content (AvgIpc) is 2.03. The number of hydrogen-bond donors (Lipinski definition) is 0. The number of nitrogens with one attached hydrogen (secondary N) is 2. The first kappa shape index (κ1) is 16.5. The molecule has 0 unspecified atom stereocenters. The summed E-state index contributed by atoms with van der Waals surface area (Å²) in [6, 6.07) is 8.51. The van der Waals surface area contributed by atoms with Crippen LogP contribution in [0.1, 0.15) is 6.92 Å². The van der Waals surface area contributed by atoms with Crippen LogP contribution in [0.4, 0.5) is 4.79 Å². The summed E-state index contributed by atoms with van der Waals surface area (Å²) in [5, 5.41) is 0. The SMILES string of the molecule is CC([NH-])=O.[NH-]C(=O)Oc1ccccc1.[Y]. The van der Waals surface area contributed by atoms with Gasteiger partial charge in [0.1, 0.15) is 5.75 Å². The van der Waals surface area contributed by atoms with Gasteiger partial charge in [0.15, 0.2) is 0 Å². The van der Waals surface area contributed by atoms with Crippen LogP contribution in [0.5, 0.6) is 5.75 Å². The molecule has 0 spiro atoms. The molecule has 0 bridgehead atoms. The Morgan fingerprint density at radius 3 is 1.87 bits per heavy atom. The van der Waals surface area contributed by atoms with E-state index in [1.165, 1.54) is 6.92 Å². The molecule has 0 aliphatic heterocycles. The molecule has 0 saturated heterocycles. The maximum Gasteiger partial charge on any atom is 0.232 e. The van der Waals surface area contributed by atoms with E-state index in [1.54, 1.807) is 30.3 Å². The van der Waals surface area contributed by atoms with E-state index in [0.717, 1.165) is 0 Å². The van der Waals surface area contributed by atoms with E-state index in [4.69, 9.17) is 16.3 Å². The summed E-state index contributed by atoms with van der Waals surface area (Å²) in [4.78, 5) is 19.2. The van der Waals surface area contributed by atoms with Crippen molar-refractivity contribution in [3.63, 3.8) is 0 Å². The molecule has 6 heteroatoms. The van der Waals surface area contributed by atoms with Crippen LogP contribution in [0.3, 0.4) is 0 Å². The van der Waals surface area contributed by atoms with Crippen LogP contribution in [0.15, 0.2) is 30.3 Å². The van der Waals surface area contributed by atoms with Gasteiger partial charge in [-0.2, -0.15) is 0 Å². The van der Waals surface area contributed by atoms with Gasteiger partial charge in [-0.15, -0.1) is 0 Å². The molecule has 79 valence electrons. The van der Waals surface area contributed by atoms with Gasteiger partial charge in [0.05, 0.1) is 0 Å². The van der Waals surface area contributed by atoms with Crippen molar-refractivity contribution in [2.24, 2.45) is 0 Å². The molecule has 0 heterocycles. The largest absolute Gasteiger partial charge is 0.668 e. The zero-order chi connectivity index (χ0) is 11.0.